The van der Waals surface area contributed by atoms with E-state index >= 15 is 0 Å². The van der Waals surface area contributed by atoms with Gasteiger partial charge in [-0.05, 0) is 38.5 Å². The Labute approximate surface area is 69.0 Å². The number of aromatic nitrogens is 2. The van der Waals surface area contributed by atoms with Crippen LogP contribution >= 0.6 is 38.5 Å². The summed E-state index contributed by atoms with van der Waals surface area (Å²) >= 11 is 5.27. The summed E-state index contributed by atoms with van der Waals surface area (Å²) in [6.07, 6.45) is 3.50. The van der Waals surface area contributed by atoms with Crippen LogP contribution in [0.3, 0.4) is 0 Å². The standard InChI is InChI=1S/C4H2BrIN2/c5-4-7-1-3(6)2-8-4/h1-2H. The summed E-state index contributed by atoms with van der Waals surface area (Å²) in [7, 11) is 0. The molecule has 2 nitrogen and oxygen atoms in total. The molecule has 0 unspecified atom stereocenters. The lowest BCUT2D eigenvalue weighted by Gasteiger charge is -1.85. The predicted molar refractivity (Wildman–Crippen MR) is 42.4 cm³/mol. The van der Waals surface area contributed by atoms with Crippen molar-refractivity contribution in [2.24, 2.45) is 0 Å². The highest BCUT2D eigenvalue weighted by molar-refractivity contribution is 14.1. The van der Waals surface area contributed by atoms with E-state index in [1.165, 1.54) is 0 Å². The Bertz CT molecular complexity index is 153. The third-order valence-corrected chi connectivity index (χ3v) is 1.56. The summed E-state index contributed by atoms with van der Waals surface area (Å²) in [6.45, 7) is 0. The molecule has 1 aromatic rings. The molecule has 0 radical (unpaired) electrons. The van der Waals surface area contributed by atoms with E-state index in [0.29, 0.717) is 4.73 Å². The van der Waals surface area contributed by atoms with E-state index in [0.717, 1.165) is 3.57 Å². The van der Waals surface area contributed by atoms with Gasteiger partial charge in [-0.25, -0.2) is 9.97 Å². The van der Waals surface area contributed by atoms with E-state index in [-0.39, 0.29) is 0 Å². The highest BCUT2D eigenvalue weighted by Crippen LogP contribution is 2.02. The molecule has 0 aliphatic rings. The Balaban J connectivity index is 3.03. The lowest BCUT2D eigenvalue weighted by Crippen LogP contribution is -1.80. The van der Waals surface area contributed by atoms with Gasteiger partial charge in [-0.1, -0.05) is 0 Å². The zero-order valence-electron chi connectivity index (χ0n) is 3.81. The van der Waals surface area contributed by atoms with Crippen molar-refractivity contribution in [1.82, 2.24) is 9.97 Å². The molecule has 0 aliphatic carbocycles. The van der Waals surface area contributed by atoms with Gasteiger partial charge in [-0.15, -0.1) is 0 Å². The summed E-state index contributed by atoms with van der Waals surface area (Å²) < 4.78 is 1.68. The zero-order chi connectivity index (χ0) is 5.98. The van der Waals surface area contributed by atoms with E-state index in [9.17, 15) is 0 Å². The topological polar surface area (TPSA) is 25.8 Å². The van der Waals surface area contributed by atoms with Gasteiger partial charge in [0.1, 0.15) is 0 Å². The molecule has 1 rings (SSSR count). The van der Waals surface area contributed by atoms with Gasteiger partial charge in [-0.2, -0.15) is 0 Å². The van der Waals surface area contributed by atoms with Crippen molar-refractivity contribution in [3.63, 3.8) is 0 Å². The summed E-state index contributed by atoms with van der Waals surface area (Å²) in [6, 6.07) is 0. The maximum atomic E-state index is 3.88. The van der Waals surface area contributed by atoms with Crippen LogP contribution in [-0.2, 0) is 0 Å². The molecular weight excluding hydrogens is 283 g/mol. The molecule has 0 saturated heterocycles. The first-order valence-electron chi connectivity index (χ1n) is 1.92. The SMILES string of the molecule is Brc1ncc(I)cn1. The average molecular weight is 285 g/mol. The van der Waals surface area contributed by atoms with Crippen molar-refractivity contribution in [3.8, 4) is 0 Å². The largest absolute Gasteiger partial charge is 0.230 e. The maximum absolute atomic E-state index is 3.88. The van der Waals surface area contributed by atoms with Gasteiger partial charge in [0.05, 0.1) is 0 Å². The summed E-state index contributed by atoms with van der Waals surface area (Å²) in [5.74, 6) is 0. The molecule has 0 aromatic carbocycles. The van der Waals surface area contributed by atoms with Crippen molar-refractivity contribution < 1.29 is 0 Å². The second-order valence-corrected chi connectivity index (χ2v) is 3.13. The first-order chi connectivity index (χ1) is 3.79. The van der Waals surface area contributed by atoms with E-state index in [1.807, 2.05) is 0 Å². The summed E-state index contributed by atoms with van der Waals surface area (Å²) in [4.78, 5) is 7.75. The van der Waals surface area contributed by atoms with E-state index in [2.05, 4.69) is 48.5 Å². The Kier molecular flexibility index (Phi) is 2.18. The minimum absolute atomic E-state index is 0.637. The molecule has 8 heavy (non-hydrogen) atoms. The van der Waals surface area contributed by atoms with Crippen molar-refractivity contribution in [2.45, 2.75) is 0 Å². The molecule has 0 saturated carbocycles. The van der Waals surface area contributed by atoms with Crippen LogP contribution in [-0.4, -0.2) is 9.97 Å². The van der Waals surface area contributed by atoms with E-state index in [1.54, 1.807) is 12.4 Å². The number of nitrogens with zero attached hydrogens (tertiary/aromatic N) is 2. The Morgan fingerprint density at radius 1 is 1.38 bits per heavy atom. The van der Waals surface area contributed by atoms with Crippen molar-refractivity contribution >= 4 is 38.5 Å². The van der Waals surface area contributed by atoms with Crippen LogP contribution in [0.15, 0.2) is 17.1 Å². The van der Waals surface area contributed by atoms with Gasteiger partial charge >= 0.3 is 0 Å². The number of halogens is 2. The van der Waals surface area contributed by atoms with Crippen LogP contribution in [0, 0.1) is 3.57 Å². The maximum Gasteiger partial charge on any atom is 0.196 e. The molecule has 0 N–H and O–H groups in total. The highest BCUT2D eigenvalue weighted by atomic mass is 127. The number of rotatable bonds is 0. The van der Waals surface area contributed by atoms with Crippen molar-refractivity contribution in [1.29, 1.82) is 0 Å². The highest BCUT2D eigenvalue weighted by Gasteiger charge is 1.85. The van der Waals surface area contributed by atoms with E-state index in [4.69, 9.17) is 0 Å². The fourth-order valence-corrected chi connectivity index (χ4v) is 0.780. The zero-order valence-corrected chi connectivity index (χ0v) is 7.55. The number of hydrogen-bond donors (Lipinski definition) is 0. The first kappa shape index (κ1) is 6.41. The average Bonchev–Trinajstić information content (AvgIpc) is 1.77. The van der Waals surface area contributed by atoms with E-state index < -0.39 is 0 Å². The van der Waals surface area contributed by atoms with Crippen LogP contribution in [0.2, 0.25) is 0 Å². The molecule has 1 heterocycles. The normalized spacial score (nSPS) is 9.25. The van der Waals surface area contributed by atoms with Gasteiger partial charge in [-0.3, -0.25) is 0 Å². The van der Waals surface area contributed by atoms with Crippen LogP contribution in [0.1, 0.15) is 0 Å². The van der Waals surface area contributed by atoms with Crippen LogP contribution in [0.5, 0.6) is 0 Å². The molecule has 0 amide bonds. The molecule has 0 fully saturated rings. The van der Waals surface area contributed by atoms with Gasteiger partial charge in [0, 0.05) is 16.0 Å². The molecule has 0 atom stereocenters. The van der Waals surface area contributed by atoms with Crippen LogP contribution in [0.25, 0.3) is 0 Å². The molecule has 1 aromatic heterocycles. The van der Waals surface area contributed by atoms with Gasteiger partial charge < -0.3 is 0 Å². The summed E-state index contributed by atoms with van der Waals surface area (Å²) in [5, 5.41) is 0. The summed E-state index contributed by atoms with van der Waals surface area (Å²) in [5.41, 5.74) is 0. The van der Waals surface area contributed by atoms with Crippen molar-refractivity contribution in [2.75, 3.05) is 0 Å². The van der Waals surface area contributed by atoms with Crippen LogP contribution < -0.4 is 0 Å². The third-order valence-electron chi connectivity index (χ3n) is 0.589. The number of hydrogen-bond acceptors (Lipinski definition) is 2. The monoisotopic (exact) mass is 284 g/mol. The second kappa shape index (κ2) is 2.72. The lowest BCUT2D eigenvalue weighted by molar-refractivity contribution is 1.10. The van der Waals surface area contributed by atoms with Crippen LogP contribution in [0.4, 0.5) is 0 Å². The quantitative estimate of drug-likeness (QED) is 0.537. The first-order valence-corrected chi connectivity index (χ1v) is 3.79. The minimum atomic E-state index is 0.637. The molecule has 0 spiro atoms. The molecule has 42 valence electrons. The predicted octanol–water partition coefficient (Wildman–Crippen LogP) is 1.84. The second-order valence-electron chi connectivity index (χ2n) is 1.17. The smallest absolute Gasteiger partial charge is 0.196 e. The Morgan fingerprint density at radius 3 is 2.25 bits per heavy atom. The van der Waals surface area contributed by atoms with Gasteiger partial charge in [0.15, 0.2) is 4.73 Å². The molecular formula is C4H2BrIN2. The minimum Gasteiger partial charge on any atom is -0.230 e. The van der Waals surface area contributed by atoms with Gasteiger partial charge in [0.25, 0.3) is 0 Å². The fourth-order valence-electron chi connectivity index (χ4n) is 0.297. The fraction of sp³-hybridized carbons (Fsp3) is 0. The molecule has 0 aliphatic heterocycles. The van der Waals surface area contributed by atoms with Crippen molar-refractivity contribution in [3.05, 3.63) is 20.7 Å². The molecule has 0 bridgehead atoms. The Hall–Kier alpha value is 0.290. The third kappa shape index (κ3) is 1.66. The Morgan fingerprint density at radius 2 is 1.88 bits per heavy atom. The molecule has 4 heteroatoms. The van der Waals surface area contributed by atoms with Gasteiger partial charge in [0.2, 0.25) is 0 Å². The lowest BCUT2D eigenvalue weighted by atomic mass is 10.7.